The number of fused-ring (bicyclic) bond motifs is 1. The van der Waals surface area contributed by atoms with Crippen molar-refractivity contribution in [2.24, 2.45) is 23.5 Å². The van der Waals surface area contributed by atoms with E-state index in [0.717, 1.165) is 31.2 Å². The van der Waals surface area contributed by atoms with Crippen LogP contribution in [-0.4, -0.2) is 29.4 Å². The van der Waals surface area contributed by atoms with Crippen LogP contribution in [0.5, 0.6) is 0 Å². The molecule has 2 saturated carbocycles. The second-order valence-corrected chi connectivity index (χ2v) is 7.37. The van der Waals surface area contributed by atoms with Crippen molar-refractivity contribution in [3.05, 3.63) is 0 Å². The number of hydrogen-bond donors (Lipinski definition) is 1. The minimum absolute atomic E-state index is 0.109. The quantitative estimate of drug-likeness (QED) is 0.801. The minimum Gasteiger partial charge on any atom is -0.339 e. The zero-order chi connectivity index (χ0) is 14.1. The zero-order valence-electron chi connectivity index (χ0n) is 12.9. The van der Waals surface area contributed by atoms with Crippen molar-refractivity contribution >= 4 is 5.91 Å². The highest BCUT2D eigenvalue weighted by atomic mass is 16.2. The molecule has 3 fully saturated rings. The molecule has 3 rings (SSSR count). The second kappa shape index (κ2) is 6.05. The highest BCUT2D eigenvalue weighted by Gasteiger charge is 2.42. The van der Waals surface area contributed by atoms with E-state index in [4.69, 9.17) is 5.73 Å². The lowest BCUT2D eigenvalue weighted by molar-refractivity contribution is -0.145. The van der Waals surface area contributed by atoms with Crippen LogP contribution in [0, 0.1) is 17.8 Å². The summed E-state index contributed by atoms with van der Waals surface area (Å²) in [4.78, 5) is 15.2. The molecule has 3 nitrogen and oxygen atoms in total. The largest absolute Gasteiger partial charge is 0.339 e. The monoisotopic (exact) mass is 278 g/mol. The summed E-state index contributed by atoms with van der Waals surface area (Å²) in [5.74, 6) is 2.05. The van der Waals surface area contributed by atoms with Crippen molar-refractivity contribution in [3.8, 4) is 0 Å². The predicted molar refractivity (Wildman–Crippen MR) is 81.2 cm³/mol. The molecule has 114 valence electrons. The van der Waals surface area contributed by atoms with Gasteiger partial charge in [0, 0.05) is 18.6 Å². The maximum absolute atomic E-state index is 13.0. The number of carbonyl (C=O) groups is 1. The Kier molecular flexibility index (Phi) is 4.34. The Morgan fingerprint density at radius 1 is 1.00 bits per heavy atom. The Hall–Kier alpha value is -0.570. The van der Waals surface area contributed by atoms with Gasteiger partial charge in [-0.05, 0) is 43.9 Å². The van der Waals surface area contributed by atoms with Crippen molar-refractivity contribution in [2.45, 2.75) is 76.8 Å². The fourth-order valence-corrected chi connectivity index (χ4v) is 4.87. The van der Waals surface area contributed by atoms with Gasteiger partial charge in [-0.1, -0.05) is 32.6 Å². The van der Waals surface area contributed by atoms with Crippen LogP contribution in [0.2, 0.25) is 0 Å². The minimum atomic E-state index is 0.109. The molecule has 0 spiro atoms. The number of piperidine rings is 1. The van der Waals surface area contributed by atoms with E-state index in [1.165, 1.54) is 44.9 Å². The van der Waals surface area contributed by atoms with Crippen LogP contribution in [0.3, 0.4) is 0 Å². The van der Waals surface area contributed by atoms with Crippen LogP contribution < -0.4 is 5.73 Å². The molecule has 1 amide bonds. The predicted octanol–water partition coefficient (Wildman–Crippen LogP) is 2.93. The third-order valence-electron chi connectivity index (χ3n) is 6.16. The van der Waals surface area contributed by atoms with E-state index in [1.807, 2.05) is 0 Å². The molecule has 3 aliphatic rings. The van der Waals surface area contributed by atoms with Crippen molar-refractivity contribution in [3.63, 3.8) is 0 Å². The summed E-state index contributed by atoms with van der Waals surface area (Å²) in [5, 5.41) is 0. The van der Waals surface area contributed by atoms with Gasteiger partial charge in [0.1, 0.15) is 0 Å². The van der Waals surface area contributed by atoms with E-state index in [9.17, 15) is 4.79 Å². The van der Waals surface area contributed by atoms with Gasteiger partial charge in [-0.3, -0.25) is 4.79 Å². The summed E-state index contributed by atoms with van der Waals surface area (Å²) in [7, 11) is 0. The Balaban J connectivity index is 1.73. The molecular weight excluding hydrogens is 248 g/mol. The van der Waals surface area contributed by atoms with Crippen LogP contribution in [0.15, 0.2) is 0 Å². The van der Waals surface area contributed by atoms with E-state index in [-0.39, 0.29) is 12.0 Å². The van der Waals surface area contributed by atoms with Gasteiger partial charge in [-0.25, -0.2) is 0 Å². The van der Waals surface area contributed by atoms with Crippen LogP contribution in [-0.2, 0) is 4.79 Å². The van der Waals surface area contributed by atoms with Crippen molar-refractivity contribution in [1.29, 1.82) is 0 Å². The number of nitrogens with zero attached hydrogens (tertiary/aromatic N) is 1. The molecule has 1 saturated heterocycles. The lowest BCUT2D eigenvalue weighted by Crippen LogP contribution is -2.56. The topological polar surface area (TPSA) is 46.3 Å². The summed E-state index contributed by atoms with van der Waals surface area (Å²) in [6.45, 7) is 3.36. The summed E-state index contributed by atoms with van der Waals surface area (Å²) in [6, 6.07) is 0.631. The van der Waals surface area contributed by atoms with E-state index < -0.39 is 0 Å². The van der Waals surface area contributed by atoms with Gasteiger partial charge < -0.3 is 10.6 Å². The smallest absolute Gasteiger partial charge is 0.227 e. The van der Waals surface area contributed by atoms with E-state index in [2.05, 4.69) is 11.8 Å². The average molecular weight is 278 g/mol. The third kappa shape index (κ3) is 2.61. The van der Waals surface area contributed by atoms with Gasteiger partial charge in [0.2, 0.25) is 5.91 Å². The molecule has 5 atom stereocenters. The molecule has 1 heterocycles. The Bertz CT molecular complexity index is 357. The first kappa shape index (κ1) is 14.4. The number of rotatable bonds is 1. The molecule has 20 heavy (non-hydrogen) atoms. The normalized spacial score (nSPS) is 42.1. The third-order valence-corrected chi connectivity index (χ3v) is 6.16. The maximum Gasteiger partial charge on any atom is 0.227 e. The summed E-state index contributed by atoms with van der Waals surface area (Å²) >= 11 is 0. The van der Waals surface area contributed by atoms with Crippen LogP contribution >= 0.6 is 0 Å². The molecule has 0 radical (unpaired) electrons. The lowest BCUT2D eigenvalue weighted by atomic mass is 9.72. The van der Waals surface area contributed by atoms with Gasteiger partial charge >= 0.3 is 0 Å². The number of hydrogen-bond acceptors (Lipinski definition) is 2. The molecule has 0 aromatic heterocycles. The Morgan fingerprint density at radius 3 is 2.50 bits per heavy atom. The van der Waals surface area contributed by atoms with E-state index in [1.54, 1.807) is 0 Å². The molecule has 2 aliphatic carbocycles. The fourth-order valence-electron chi connectivity index (χ4n) is 4.87. The first-order chi connectivity index (χ1) is 9.68. The van der Waals surface area contributed by atoms with Crippen LogP contribution in [0.1, 0.15) is 64.7 Å². The molecule has 2 N–H and O–H groups in total. The van der Waals surface area contributed by atoms with E-state index in [0.29, 0.717) is 11.9 Å². The highest BCUT2D eigenvalue weighted by molar-refractivity contribution is 5.80. The molecule has 3 heteroatoms. The first-order valence-corrected chi connectivity index (χ1v) is 8.74. The summed E-state index contributed by atoms with van der Waals surface area (Å²) in [5.41, 5.74) is 6.23. The Morgan fingerprint density at radius 2 is 1.70 bits per heavy atom. The van der Waals surface area contributed by atoms with Gasteiger partial charge in [-0.2, -0.15) is 0 Å². The molecule has 1 aliphatic heterocycles. The number of likely N-dealkylation sites (tertiary alicyclic amines) is 1. The van der Waals surface area contributed by atoms with E-state index >= 15 is 0 Å². The van der Waals surface area contributed by atoms with Gasteiger partial charge in [0.25, 0.3) is 0 Å². The zero-order valence-corrected chi connectivity index (χ0v) is 12.9. The van der Waals surface area contributed by atoms with Crippen LogP contribution in [0.4, 0.5) is 0 Å². The highest BCUT2D eigenvalue weighted by Crippen LogP contribution is 2.40. The molecule has 0 aromatic carbocycles. The second-order valence-electron chi connectivity index (χ2n) is 7.37. The fraction of sp³-hybridized carbons (Fsp3) is 0.941. The number of amides is 1. The van der Waals surface area contributed by atoms with Crippen LogP contribution in [0.25, 0.3) is 0 Å². The first-order valence-electron chi connectivity index (χ1n) is 8.74. The van der Waals surface area contributed by atoms with Crippen molar-refractivity contribution in [2.75, 3.05) is 6.54 Å². The standard InChI is InChI=1S/C17H30N2O/c1-12-10-11-19(16-9-5-3-6-13(12)16)17(20)14-7-2-4-8-15(14)18/h12-16H,2-11,18H2,1H3. The van der Waals surface area contributed by atoms with Gasteiger partial charge in [0.15, 0.2) is 0 Å². The summed E-state index contributed by atoms with van der Waals surface area (Å²) < 4.78 is 0. The number of nitrogens with two attached hydrogens (primary N) is 1. The molecule has 5 unspecified atom stereocenters. The number of carbonyl (C=O) groups excluding carboxylic acids is 1. The maximum atomic E-state index is 13.0. The molecule has 0 aromatic rings. The SMILES string of the molecule is CC1CCN(C(=O)C2CCCCC2N)C2CCCCC12. The molecular formula is C17H30N2O. The lowest BCUT2D eigenvalue weighted by Gasteiger charge is -2.49. The van der Waals surface area contributed by atoms with Crippen molar-refractivity contribution in [1.82, 2.24) is 4.90 Å². The van der Waals surface area contributed by atoms with Crippen molar-refractivity contribution < 1.29 is 4.79 Å². The molecule has 0 bridgehead atoms. The Labute approximate surface area is 123 Å². The van der Waals surface area contributed by atoms with Gasteiger partial charge in [0.05, 0.1) is 5.92 Å². The summed E-state index contributed by atoms with van der Waals surface area (Å²) in [6.07, 6.45) is 10.8. The average Bonchev–Trinajstić information content (AvgIpc) is 2.48. The van der Waals surface area contributed by atoms with Gasteiger partial charge in [-0.15, -0.1) is 0 Å².